The first kappa shape index (κ1) is 23.4. The van der Waals surface area contributed by atoms with Gasteiger partial charge in [0.15, 0.2) is 0 Å². The molecule has 7 nitrogen and oxygen atoms in total. The summed E-state index contributed by atoms with van der Waals surface area (Å²) in [6.07, 6.45) is -0.349. The predicted molar refractivity (Wildman–Crippen MR) is 123 cm³/mol. The lowest BCUT2D eigenvalue weighted by atomic mass is 10.0. The molecule has 7 heteroatoms. The number of nitrogens with zero attached hydrogens (tertiary/aromatic N) is 1. The van der Waals surface area contributed by atoms with Crippen molar-refractivity contribution in [3.63, 3.8) is 0 Å². The van der Waals surface area contributed by atoms with E-state index in [-0.39, 0.29) is 11.7 Å². The molecule has 3 aromatic rings. The molecular formula is C25H29N3O4. The van der Waals surface area contributed by atoms with Crippen LogP contribution < -0.4 is 11.0 Å². The van der Waals surface area contributed by atoms with Crippen LogP contribution in [0.4, 0.5) is 0 Å². The highest BCUT2D eigenvalue weighted by Gasteiger charge is 2.12. The summed E-state index contributed by atoms with van der Waals surface area (Å²) in [6.45, 7) is 9.18. The van der Waals surface area contributed by atoms with Crippen LogP contribution in [0.3, 0.4) is 0 Å². The zero-order chi connectivity index (χ0) is 23.1. The van der Waals surface area contributed by atoms with Crippen molar-refractivity contribution >= 4 is 22.6 Å². The van der Waals surface area contributed by atoms with Gasteiger partial charge in [0, 0.05) is 17.7 Å². The second-order valence-electron chi connectivity index (χ2n) is 7.61. The lowest BCUT2D eigenvalue weighted by Crippen LogP contribution is -2.25. The van der Waals surface area contributed by atoms with E-state index in [0.717, 1.165) is 30.6 Å². The Labute approximate surface area is 187 Å². The molecule has 0 saturated heterocycles. The maximum absolute atomic E-state index is 12.3. The minimum Gasteiger partial charge on any atom is -0.300 e. The largest absolute Gasteiger partial charge is 0.300 e. The number of hydroxylamine groups is 2. The van der Waals surface area contributed by atoms with Gasteiger partial charge in [-0.3, -0.25) is 24.5 Å². The molecule has 2 amide bonds. The van der Waals surface area contributed by atoms with Crippen LogP contribution in [0.25, 0.3) is 10.8 Å². The van der Waals surface area contributed by atoms with E-state index in [9.17, 15) is 9.59 Å². The molecule has 3 aromatic carbocycles. The Morgan fingerprint density at radius 2 is 1.50 bits per heavy atom. The summed E-state index contributed by atoms with van der Waals surface area (Å²) < 4.78 is 0. The van der Waals surface area contributed by atoms with Gasteiger partial charge in [-0.1, -0.05) is 38.1 Å². The fourth-order valence-corrected chi connectivity index (χ4v) is 3.48. The summed E-state index contributed by atoms with van der Waals surface area (Å²) in [5.41, 5.74) is 6.83. The highest BCUT2D eigenvalue weighted by Crippen LogP contribution is 2.23. The number of hydrogen-bond donors (Lipinski definition) is 3. The molecule has 3 rings (SSSR count). The van der Waals surface area contributed by atoms with Crippen molar-refractivity contribution in [1.82, 2.24) is 15.9 Å². The Hall–Kier alpha value is -3.26. The van der Waals surface area contributed by atoms with Crippen LogP contribution in [-0.4, -0.2) is 35.0 Å². The van der Waals surface area contributed by atoms with Gasteiger partial charge in [-0.25, -0.2) is 11.0 Å². The molecule has 0 heterocycles. The van der Waals surface area contributed by atoms with Crippen LogP contribution in [0.2, 0.25) is 0 Å². The summed E-state index contributed by atoms with van der Waals surface area (Å²) in [6, 6.07) is 18.5. The minimum atomic E-state index is -0.640. The van der Waals surface area contributed by atoms with Gasteiger partial charge in [-0.2, -0.15) is 0 Å². The van der Waals surface area contributed by atoms with Crippen LogP contribution in [0.15, 0.2) is 60.7 Å². The van der Waals surface area contributed by atoms with E-state index in [1.807, 2.05) is 13.0 Å². The molecule has 0 aliphatic carbocycles. The molecule has 0 fully saturated rings. The first-order valence-electron chi connectivity index (χ1n) is 10.7. The summed E-state index contributed by atoms with van der Waals surface area (Å²) >= 11 is 0. The van der Waals surface area contributed by atoms with Gasteiger partial charge >= 0.3 is 0 Å². The quantitative estimate of drug-likeness (QED) is 0.346. The fraction of sp³-hybridized carbons (Fsp3) is 0.280. The lowest BCUT2D eigenvalue weighted by Gasteiger charge is -2.18. The van der Waals surface area contributed by atoms with Gasteiger partial charge in [0.05, 0.1) is 0 Å². The molecule has 0 radical (unpaired) electrons. The second kappa shape index (κ2) is 10.9. The number of hydrogen-bond acceptors (Lipinski definition) is 5. The average Bonchev–Trinajstić information content (AvgIpc) is 2.84. The average molecular weight is 436 g/mol. The predicted octanol–water partition coefficient (Wildman–Crippen LogP) is 4.22. The van der Waals surface area contributed by atoms with Crippen molar-refractivity contribution in [3.05, 3.63) is 82.9 Å². The Morgan fingerprint density at radius 1 is 0.906 bits per heavy atom. The van der Waals surface area contributed by atoms with E-state index in [4.69, 9.17) is 10.0 Å². The topological polar surface area (TPSA) is 90.9 Å². The van der Waals surface area contributed by atoms with Crippen molar-refractivity contribution in [2.45, 2.75) is 33.4 Å². The summed E-state index contributed by atoms with van der Waals surface area (Å²) in [5.74, 6) is -1.06. The van der Waals surface area contributed by atoms with Crippen molar-refractivity contribution in [2.24, 2.45) is 0 Å². The third-order valence-corrected chi connectivity index (χ3v) is 5.54. The van der Waals surface area contributed by atoms with Crippen molar-refractivity contribution in [1.29, 1.82) is 0 Å². The molecule has 0 spiro atoms. The monoisotopic (exact) mass is 435 g/mol. The smallest absolute Gasteiger partial charge is 0.274 e. The van der Waals surface area contributed by atoms with Gasteiger partial charge in [0.2, 0.25) is 0 Å². The summed E-state index contributed by atoms with van der Waals surface area (Å²) in [4.78, 5) is 31.6. The minimum absolute atomic E-state index is 0.245. The van der Waals surface area contributed by atoms with E-state index in [1.54, 1.807) is 5.48 Å². The van der Waals surface area contributed by atoms with Crippen LogP contribution >= 0.6 is 0 Å². The van der Waals surface area contributed by atoms with Gasteiger partial charge in [0.1, 0.15) is 6.10 Å². The maximum Gasteiger partial charge on any atom is 0.274 e. The standard InChI is InChI=1S/C25H29N3O4/c1-4-28(5-2)16-18-6-7-23-15-21(12-13-22(23)14-18)17(3)32-27-25(30)20-10-8-19(9-11-20)24(29)26-31/h6-15,17,31H,4-5,16H2,1-3H3,(H,26,29)(H,27,30). The van der Waals surface area contributed by atoms with Gasteiger partial charge in [-0.15, -0.1) is 0 Å². The lowest BCUT2D eigenvalue weighted by molar-refractivity contribution is -0.00885. The van der Waals surface area contributed by atoms with E-state index in [2.05, 4.69) is 54.6 Å². The highest BCUT2D eigenvalue weighted by atomic mass is 16.7. The van der Waals surface area contributed by atoms with Crippen LogP contribution in [0.5, 0.6) is 0 Å². The zero-order valence-corrected chi connectivity index (χ0v) is 18.6. The molecule has 0 bridgehead atoms. The van der Waals surface area contributed by atoms with E-state index >= 15 is 0 Å². The van der Waals surface area contributed by atoms with Crippen LogP contribution in [0.1, 0.15) is 58.7 Å². The number of carbonyl (C=O) groups excluding carboxylic acids is 2. The van der Waals surface area contributed by atoms with E-state index < -0.39 is 11.8 Å². The molecule has 3 N–H and O–H groups in total. The van der Waals surface area contributed by atoms with E-state index in [1.165, 1.54) is 35.2 Å². The number of benzene rings is 3. The molecule has 0 aromatic heterocycles. The third kappa shape index (κ3) is 5.70. The Bertz CT molecular complexity index is 1080. The molecule has 1 unspecified atom stereocenters. The molecule has 32 heavy (non-hydrogen) atoms. The normalized spacial score (nSPS) is 12.0. The first-order valence-corrected chi connectivity index (χ1v) is 10.7. The highest BCUT2D eigenvalue weighted by molar-refractivity contribution is 5.97. The molecular weight excluding hydrogens is 406 g/mol. The SMILES string of the molecule is CCN(CC)Cc1ccc2cc(C(C)ONC(=O)c3ccc(C(=O)NO)cc3)ccc2c1. The van der Waals surface area contributed by atoms with Gasteiger partial charge in [0.25, 0.3) is 11.8 Å². The van der Waals surface area contributed by atoms with Gasteiger partial charge < -0.3 is 0 Å². The Morgan fingerprint density at radius 3 is 2.12 bits per heavy atom. The third-order valence-electron chi connectivity index (χ3n) is 5.54. The number of nitrogens with one attached hydrogen (secondary N) is 2. The fourth-order valence-electron chi connectivity index (χ4n) is 3.48. The van der Waals surface area contributed by atoms with Crippen molar-refractivity contribution in [2.75, 3.05) is 13.1 Å². The molecule has 0 aliphatic heterocycles. The Kier molecular flexibility index (Phi) is 7.94. The van der Waals surface area contributed by atoms with Crippen molar-refractivity contribution < 1.29 is 19.6 Å². The molecule has 168 valence electrons. The second-order valence-corrected chi connectivity index (χ2v) is 7.61. The summed E-state index contributed by atoms with van der Waals surface area (Å²) in [5, 5.41) is 10.9. The van der Waals surface area contributed by atoms with Crippen LogP contribution in [-0.2, 0) is 11.4 Å². The maximum atomic E-state index is 12.3. The van der Waals surface area contributed by atoms with Crippen LogP contribution in [0, 0.1) is 0 Å². The van der Waals surface area contributed by atoms with Gasteiger partial charge in [-0.05, 0) is 78.3 Å². The van der Waals surface area contributed by atoms with E-state index in [0.29, 0.717) is 5.56 Å². The Balaban J connectivity index is 1.63. The molecule has 0 aliphatic rings. The number of fused-ring (bicyclic) bond motifs is 1. The number of amides is 2. The summed E-state index contributed by atoms with van der Waals surface area (Å²) in [7, 11) is 0. The molecule has 1 atom stereocenters. The number of rotatable bonds is 9. The zero-order valence-electron chi connectivity index (χ0n) is 18.6. The molecule has 0 saturated carbocycles. The van der Waals surface area contributed by atoms with Crippen molar-refractivity contribution in [3.8, 4) is 0 Å². The first-order chi connectivity index (χ1) is 15.4. The number of carbonyl (C=O) groups is 2.